The summed E-state index contributed by atoms with van der Waals surface area (Å²) in [5.41, 5.74) is 5.48. The largest absolute Gasteiger partial charge is 0.481 e. The van der Waals surface area contributed by atoms with Gasteiger partial charge in [0.05, 0.1) is 12.7 Å². The molecule has 0 spiro atoms. The average molecular weight is 427 g/mol. The zero-order valence-electron chi connectivity index (χ0n) is 14.0. The molecule has 0 aromatic carbocycles. The Morgan fingerprint density at radius 3 is 2.81 bits per heavy atom. The number of aliphatic hydroxyl groups excluding tert-OH is 1. The molecule has 1 fully saturated rings. The fourth-order valence-electron chi connectivity index (χ4n) is 2.82. The SMILES string of the molecule is CC1(N)N=CN=C2C1=NCN2[C@H]1C[C@H](O)[C@@H](COP(=O)(O)OP(=O)(O)O)O1. The Hall–Kier alpha value is -1.05. The van der Waals surface area contributed by atoms with Gasteiger partial charge in [-0.1, -0.05) is 0 Å². The standard InChI is InChI=1S/C11H19N5O9P2/c1-11(12)9-10(13-4-15-11)16(5-14-9)8-2-6(17)7(24-8)3-23-27(21,22)25-26(18,19)20/h4,6-8,17H,2-3,5,12H2,1H3,(H,21,22)(H2,18,19,20)/t6-,7+,8+,11?/m0/s1. The second-order valence-electron chi connectivity index (χ2n) is 6.23. The number of nitrogens with zero attached hydrogens (tertiary/aromatic N) is 4. The van der Waals surface area contributed by atoms with Crippen molar-refractivity contribution in [2.45, 2.75) is 37.4 Å². The van der Waals surface area contributed by atoms with Gasteiger partial charge in [-0.15, -0.1) is 0 Å². The van der Waals surface area contributed by atoms with Crippen molar-refractivity contribution in [2.24, 2.45) is 20.7 Å². The van der Waals surface area contributed by atoms with Gasteiger partial charge in [-0.25, -0.2) is 19.1 Å². The molecule has 27 heavy (non-hydrogen) atoms. The van der Waals surface area contributed by atoms with E-state index in [0.717, 1.165) is 0 Å². The molecule has 0 amide bonds. The van der Waals surface area contributed by atoms with Gasteiger partial charge in [0.2, 0.25) is 0 Å². The summed E-state index contributed by atoms with van der Waals surface area (Å²) >= 11 is 0. The number of fused-ring (bicyclic) bond motifs is 1. The number of aliphatic hydroxyl groups is 1. The number of aliphatic imine (C=N–C) groups is 3. The molecule has 0 radical (unpaired) electrons. The molecule has 152 valence electrons. The van der Waals surface area contributed by atoms with E-state index in [4.69, 9.17) is 20.3 Å². The van der Waals surface area contributed by atoms with Crippen molar-refractivity contribution < 1.29 is 42.5 Å². The molecule has 0 bridgehead atoms. The van der Waals surface area contributed by atoms with Crippen molar-refractivity contribution in [3.63, 3.8) is 0 Å². The summed E-state index contributed by atoms with van der Waals surface area (Å²) in [4.78, 5) is 40.6. The number of hydrogen-bond acceptors (Lipinski definition) is 11. The van der Waals surface area contributed by atoms with Crippen LogP contribution in [0.4, 0.5) is 0 Å². The third-order valence-corrected chi connectivity index (χ3v) is 6.17. The van der Waals surface area contributed by atoms with Gasteiger partial charge < -0.3 is 35.2 Å². The number of hydrogen-bond donors (Lipinski definition) is 5. The number of nitrogens with two attached hydrogens (primary N) is 1. The van der Waals surface area contributed by atoms with E-state index in [9.17, 15) is 19.1 Å². The van der Waals surface area contributed by atoms with Gasteiger partial charge in [0.25, 0.3) is 0 Å². The van der Waals surface area contributed by atoms with Crippen molar-refractivity contribution in [2.75, 3.05) is 13.3 Å². The van der Waals surface area contributed by atoms with E-state index >= 15 is 0 Å². The van der Waals surface area contributed by atoms with Crippen LogP contribution in [0.1, 0.15) is 13.3 Å². The van der Waals surface area contributed by atoms with Gasteiger partial charge in [-0.05, 0) is 6.92 Å². The molecule has 0 aromatic heterocycles. The minimum absolute atomic E-state index is 0.114. The Morgan fingerprint density at radius 1 is 1.44 bits per heavy atom. The smallest absolute Gasteiger partial charge is 0.390 e. The Morgan fingerprint density at radius 2 is 2.15 bits per heavy atom. The van der Waals surface area contributed by atoms with Crippen LogP contribution < -0.4 is 5.73 Å². The van der Waals surface area contributed by atoms with E-state index < -0.39 is 46.4 Å². The molecule has 0 aliphatic carbocycles. The predicted molar refractivity (Wildman–Crippen MR) is 90.9 cm³/mol. The maximum absolute atomic E-state index is 11.5. The normalized spacial score (nSPS) is 35.6. The van der Waals surface area contributed by atoms with Gasteiger partial charge in [-0.3, -0.25) is 9.52 Å². The van der Waals surface area contributed by atoms with Crippen LogP contribution in [0.25, 0.3) is 0 Å². The van der Waals surface area contributed by atoms with Gasteiger partial charge in [0.1, 0.15) is 31.1 Å². The zero-order valence-corrected chi connectivity index (χ0v) is 15.8. The molecular weight excluding hydrogens is 408 g/mol. The zero-order chi connectivity index (χ0) is 20.0. The van der Waals surface area contributed by atoms with E-state index in [1.807, 2.05) is 0 Å². The van der Waals surface area contributed by atoms with E-state index in [2.05, 4.69) is 23.8 Å². The second-order valence-corrected chi connectivity index (χ2v) is 9.06. The maximum atomic E-state index is 11.5. The predicted octanol–water partition coefficient (Wildman–Crippen LogP) is -1.48. The minimum atomic E-state index is -5.23. The first-order valence-corrected chi connectivity index (χ1v) is 10.7. The second kappa shape index (κ2) is 7.08. The molecule has 3 heterocycles. The highest BCUT2D eigenvalue weighted by molar-refractivity contribution is 7.60. The van der Waals surface area contributed by atoms with Crippen molar-refractivity contribution >= 4 is 33.5 Å². The van der Waals surface area contributed by atoms with Crippen LogP contribution in [0.15, 0.2) is 15.0 Å². The van der Waals surface area contributed by atoms with Crippen LogP contribution >= 0.6 is 15.6 Å². The molecular formula is C11H19N5O9P2. The van der Waals surface area contributed by atoms with E-state index in [1.54, 1.807) is 11.8 Å². The minimum Gasteiger partial charge on any atom is -0.390 e. The topological polar surface area (TPSA) is 209 Å². The summed E-state index contributed by atoms with van der Waals surface area (Å²) < 4.78 is 36.0. The fourth-order valence-corrected chi connectivity index (χ4v) is 4.42. The molecule has 5 atom stereocenters. The van der Waals surface area contributed by atoms with Gasteiger partial charge in [0.15, 0.2) is 11.5 Å². The third-order valence-electron chi connectivity index (χ3n) is 4.01. The molecule has 6 N–H and O–H groups in total. The van der Waals surface area contributed by atoms with Crippen LogP contribution in [-0.2, 0) is 22.7 Å². The molecule has 2 unspecified atom stereocenters. The highest BCUT2D eigenvalue weighted by Crippen LogP contribution is 2.57. The Balaban J connectivity index is 1.61. The quantitative estimate of drug-likeness (QED) is 0.309. The molecule has 14 nitrogen and oxygen atoms in total. The van der Waals surface area contributed by atoms with Crippen LogP contribution in [-0.4, -0.2) is 79.9 Å². The highest BCUT2D eigenvalue weighted by Gasteiger charge is 2.45. The summed E-state index contributed by atoms with van der Waals surface area (Å²) in [6, 6.07) is 0. The average Bonchev–Trinajstić information content (AvgIpc) is 3.07. The molecule has 3 aliphatic heterocycles. The van der Waals surface area contributed by atoms with Crippen molar-refractivity contribution in [1.82, 2.24) is 4.90 Å². The van der Waals surface area contributed by atoms with E-state index in [-0.39, 0.29) is 13.1 Å². The van der Waals surface area contributed by atoms with Gasteiger partial charge in [0, 0.05) is 6.42 Å². The van der Waals surface area contributed by atoms with Crippen molar-refractivity contribution in [1.29, 1.82) is 0 Å². The molecule has 0 aromatic rings. The van der Waals surface area contributed by atoms with Crippen LogP contribution in [0, 0.1) is 0 Å². The summed E-state index contributed by atoms with van der Waals surface area (Å²) in [5.74, 6) is 0.450. The van der Waals surface area contributed by atoms with Crippen LogP contribution in [0.2, 0.25) is 0 Å². The summed E-state index contributed by atoms with van der Waals surface area (Å²) in [6.45, 7) is 1.21. The monoisotopic (exact) mass is 427 g/mol. The fraction of sp³-hybridized carbons (Fsp3) is 0.727. The lowest BCUT2D eigenvalue weighted by Crippen LogP contribution is -2.52. The van der Waals surface area contributed by atoms with Gasteiger partial charge >= 0.3 is 15.6 Å². The van der Waals surface area contributed by atoms with Crippen LogP contribution in [0.3, 0.4) is 0 Å². The summed E-state index contributed by atoms with van der Waals surface area (Å²) in [6.07, 6.45) is -1.36. The number of rotatable bonds is 6. The number of ether oxygens (including phenoxy) is 1. The van der Waals surface area contributed by atoms with Crippen LogP contribution in [0.5, 0.6) is 0 Å². The maximum Gasteiger partial charge on any atom is 0.481 e. The Kier molecular flexibility index (Phi) is 5.42. The molecule has 3 rings (SSSR count). The molecule has 0 saturated carbocycles. The summed E-state index contributed by atoms with van der Waals surface area (Å²) in [5, 5.41) is 10.1. The summed E-state index contributed by atoms with van der Waals surface area (Å²) in [7, 11) is -10.3. The lowest BCUT2D eigenvalue weighted by atomic mass is 10.1. The Labute approximate surface area is 153 Å². The lowest BCUT2D eigenvalue weighted by Gasteiger charge is -2.29. The molecule has 3 aliphatic rings. The number of phosphoric ester groups is 1. The molecule has 16 heteroatoms. The van der Waals surface area contributed by atoms with Gasteiger partial charge in [-0.2, -0.15) is 4.31 Å². The first-order valence-electron chi connectivity index (χ1n) is 7.68. The first-order chi connectivity index (χ1) is 12.4. The number of amidine groups is 1. The molecule has 1 saturated heterocycles. The first kappa shape index (κ1) is 20.7. The highest BCUT2D eigenvalue weighted by atomic mass is 31.3. The van der Waals surface area contributed by atoms with E-state index in [0.29, 0.717) is 11.5 Å². The third kappa shape index (κ3) is 4.69. The number of phosphoric acid groups is 2. The van der Waals surface area contributed by atoms with Crippen molar-refractivity contribution in [3.8, 4) is 0 Å². The van der Waals surface area contributed by atoms with Crippen molar-refractivity contribution in [3.05, 3.63) is 0 Å². The van der Waals surface area contributed by atoms with E-state index in [1.165, 1.54) is 6.34 Å². The lowest BCUT2D eigenvalue weighted by molar-refractivity contribution is -0.0550. The Bertz CT molecular complexity index is 793.